The molecule has 3 heterocycles. The number of pyridine rings is 3. The zero-order chi connectivity index (χ0) is 15.2. The van der Waals surface area contributed by atoms with Crippen LogP contribution in [0, 0.1) is 0 Å². The molecule has 0 unspecified atom stereocenters. The zero-order valence-electron chi connectivity index (χ0n) is 11.8. The molecule has 0 saturated carbocycles. The van der Waals surface area contributed by atoms with Gasteiger partial charge < -0.3 is 5.32 Å². The zero-order valence-corrected chi connectivity index (χ0v) is 11.8. The molecule has 0 saturated heterocycles. The van der Waals surface area contributed by atoms with Crippen molar-refractivity contribution in [3.63, 3.8) is 0 Å². The third kappa shape index (κ3) is 3.32. The molecule has 22 heavy (non-hydrogen) atoms. The van der Waals surface area contributed by atoms with Crippen molar-refractivity contribution in [2.24, 2.45) is 0 Å². The van der Waals surface area contributed by atoms with Gasteiger partial charge in [0.25, 0.3) is 5.91 Å². The summed E-state index contributed by atoms with van der Waals surface area (Å²) >= 11 is 0. The van der Waals surface area contributed by atoms with Gasteiger partial charge in [0.15, 0.2) is 0 Å². The summed E-state index contributed by atoms with van der Waals surface area (Å²) in [6, 6.07) is 12.9. The molecule has 1 amide bonds. The van der Waals surface area contributed by atoms with Gasteiger partial charge in [0, 0.05) is 36.9 Å². The molecule has 0 bridgehead atoms. The number of hydrogen-bond acceptors (Lipinski definition) is 4. The number of amides is 1. The Hall–Kier alpha value is -3.08. The summed E-state index contributed by atoms with van der Waals surface area (Å²) in [6.45, 7) is 0.422. The lowest BCUT2D eigenvalue weighted by atomic mass is 10.1. The average molecular weight is 290 g/mol. The van der Waals surface area contributed by atoms with E-state index >= 15 is 0 Å². The highest BCUT2D eigenvalue weighted by Gasteiger charge is 2.06. The number of nitrogens with zero attached hydrogens (tertiary/aromatic N) is 3. The van der Waals surface area contributed by atoms with Gasteiger partial charge in [0.05, 0.1) is 5.69 Å². The minimum atomic E-state index is -0.194. The standard InChI is InChI=1S/C17H14N4O/c22-17(15-5-1-2-8-19-15)21-11-13-6-9-20-16(10-13)14-4-3-7-18-12-14/h1-10,12H,11H2,(H,21,22). The minimum absolute atomic E-state index is 0.194. The predicted molar refractivity (Wildman–Crippen MR) is 82.9 cm³/mol. The van der Waals surface area contributed by atoms with Crippen LogP contribution >= 0.6 is 0 Å². The number of rotatable bonds is 4. The number of aromatic nitrogens is 3. The molecule has 108 valence electrons. The summed E-state index contributed by atoms with van der Waals surface area (Å²) in [6.07, 6.45) is 6.81. The number of nitrogens with one attached hydrogen (secondary N) is 1. The molecule has 0 fully saturated rings. The first-order valence-electron chi connectivity index (χ1n) is 6.87. The number of carbonyl (C=O) groups excluding carboxylic acids is 1. The third-order valence-electron chi connectivity index (χ3n) is 3.13. The molecule has 1 N–H and O–H groups in total. The maximum absolute atomic E-state index is 12.0. The maximum Gasteiger partial charge on any atom is 0.270 e. The largest absolute Gasteiger partial charge is 0.347 e. The number of hydrogen-bond donors (Lipinski definition) is 1. The number of carbonyl (C=O) groups is 1. The van der Waals surface area contributed by atoms with E-state index in [1.165, 1.54) is 0 Å². The molecule has 3 aromatic heterocycles. The van der Waals surface area contributed by atoms with Crippen LogP contribution in [0.2, 0.25) is 0 Å². The van der Waals surface area contributed by atoms with Crippen LogP contribution in [0.25, 0.3) is 11.3 Å². The molecule has 3 rings (SSSR count). The molecular weight excluding hydrogens is 276 g/mol. The van der Waals surface area contributed by atoms with Crippen molar-refractivity contribution in [1.29, 1.82) is 0 Å². The van der Waals surface area contributed by atoms with Gasteiger partial charge in [-0.2, -0.15) is 0 Å². The van der Waals surface area contributed by atoms with Gasteiger partial charge in [0.1, 0.15) is 5.69 Å². The van der Waals surface area contributed by atoms with Gasteiger partial charge in [-0.05, 0) is 42.0 Å². The monoisotopic (exact) mass is 290 g/mol. The van der Waals surface area contributed by atoms with E-state index in [9.17, 15) is 4.79 Å². The van der Waals surface area contributed by atoms with Crippen LogP contribution in [-0.2, 0) is 6.54 Å². The Bertz CT molecular complexity index is 760. The van der Waals surface area contributed by atoms with E-state index in [-0.39, 0.29) is 5.91 Å². The van der Waals surface area contributed by atoms with E-state index in [0.29, 0.717) is 12.2 Å². The second-order valence-electron chi connectivity index (χ2n) is 4.69. The molecule has 0 atom stereocenters. The normalized spacial score (nSPS) is 10.2. The molecule has 5 nitrogen and oxygen atoms in total. The van der Waals surface area contributed by atoms with Gasteiger partial charge in [-0.1, -0.05) is 6.07 Å². The molecular formula is C17H14N4O. The average Bonchev–Trinajstić information content (AvgIpc) is 2.61. The molecule has 0 aliphatic carbocycles. The van der Waals surface area contributed by atoms with E-state index in [4.69, 9.17) is 0 Å². The first kappa shape index (κ1) is 13.9. The Morgan fingerprint density at radius 3 is 2.73 bits per heavy atom. The van der Waals surface area contributed by atoms with E-state index in [0.717, 1.165) is 16.8 Å². The summed E-state index contributed by atoms with van der Waals surface area (Å²) in [4.78, 5) is 24.4. The van der Waals surface area contributed by atoms with Crippen molar-refractivity contribution in [2.75, 3.05) is 0 Å². The van der Waals surface area contributed by atoms with E-state index in [2.05, 4.69) is 20.3 Å². The van der Waals surface area contributed by atoms with Crippen molar-refractivity contribution in [3.8, 4) is 11.3 Å². The second kappa shape index (κ2) is 6.58. The highest BCUT2D eigenvalue weighted by atomic mass is 16.1. The second-order valence-corrected chi connectivity index (χ2v) is 4.69. The van der Waals surface area contributed by atoms with Crippen LogP contribution in [0.1, 0.15) is 16.1 Å². The molecule has 0 radical (unpaired) electrons. The lowest BCUT2D eigenvalue weighted by Crippen LogP contribution is -2.23. The highest BCUT2D eigenvalue weighted by molar-refractivity contribution is 5.92. The van der Waals surface area contributed by atoms with Gasteiger partial charge in [-0.15, -0.1) is 0 Å². The van der Waals surface area contributed by atoms with Crippen molar-refractivity contribution < 1.29 is 4.79 Å². The molecule has 3 aromatic rings. The summed E-state index contributed by atoms with van der Waals surface area (Å²) in [5.74, 6) is -0.194. The van der Waals surface area contributed by atoms with Crippen LogP contribution in [0.15, 0.2) is 67.3 Å². The van der Waals surface area contributed by atoms with Gasteiger partial charge in [-0.25, -0.2) is 0 Å². The molecule has 0 aliphatic heterocycles. The highest BCUT2D eigenvalue weighted by Crippen LogP contribution is 2.16. The van der Waals surface area contributed by atoms with Crippen molar-refractivity contribution in [2.45, 2.75) is 6.54 Å². The van der Waals surface area contributed by atoms with Gasteiger partial charge in [0.2, 0.25) is 0 Å². The summed E-state index contributed by atoms with van der Waals surface area (Å²) in [7, 11) is 0. The SMILES string of the molecule is O=C(NCc1ccnc(-c2cccnc2)c1)c1ccccn1. The Kier molecular flexibility index (Phi) is 4.15. The van der Waals surface area contributed by atoms with Crippen LogP contribution in [0.4, 0.5) is 0 Å². The van der Waals surface area contributed by atoms with Gasteiger partial charge in [-0.3, -0.25) is 19.7 Å². The first-order chi connectivity index (χ1) is 10.8. The summed E-state index contributed by atoms with van der Waals surface area (Å²) in [5.41, 5.74) is 3.15. The molecule has 5 heteroatoms. The van der Waals surface area contributed by atoms with E-state index < -0.39 is 0 Å². The molecule has 0 aromatic carbocycles. The topological polar surface area (TPSA) is 67.8 Å². The van der Waals surface area contributed by atoms with E-state index in [1.54, 1.807) is 43.0 Å². The van der Waals surface area contributed by atoms with Crippen molar-refractivity contribution in [3.05, 3.63) is 78.5 Å². The first-order valence-corrected chi connectivity index (χ1v) is 6.87. The van der Waals surface area contributed by atoms with Crippen molar-refractivity contribution >= 4 is 5.91 Å². The Labute approximate surface area is 128 Å². The van der Waals surface area contributed by atoms with Crippen LogP contribution in [-0.4, -0.2) is 20.9 Å². The summed E-state index contributed by atoms with van der Waals surface area (Å²) in [5, 5.41) is 2.85. The van der Waals surface area contributed by atoms with Crippen LogP contribution in [0.3, 0.4) is 0 Å². The van der Waals surface area contributed by atoms with Gasteiger partial charge >= 0.3 is 0 Å². The Morgan fingerprint density at radius 2 is 1.95 bits per heavy atom. The predicted octanol–water partition coefficient (Wildman–Crippen LogP) is 2.47. The van der Waals surface area contributed by atoms with Crippen LogP contribution in [0.5, 0.6) is 0 Å². The fourth-order valence-corrected chi connectivity index (χ4v) is 2.03. The fourth-order valence-electron chi connectivity index (χ4n) is 2.03. The minimum Gasteiger partial charge on any atom is -0.347 e. The smallest absolute Gasteiger partial charge is 0.270 e. The lowest BCUT2D eigenvalue weighted by Gasteiger charge is -2.06. The summed E-state index contributed by atoms with van der Waals surface area (Å²) < 4.78 is 0. The Balaban J connectivity index is 1.70. The molecule has 0 spiro atoms. The Morgan fingerprint density at radius 1 is 1.00 bits per heavy atom. The molecule has 0 aliphatic rings. The van der Waals surface area contributed by atoms with Crippen LogP contribution < -0.4 is 5.32 Å². The van der Waals surface area contributed by atoms with E-state index in [1.807, 2.05) is 24.3 Å². The maximum atomic E-state index is 12.0. The fraction of sp³-hybridized carbons (Fsp3) is 0.0588. The van der Waals surface area contributed by atoms with Crippen molar-refractivity contribution in [1.82, 2.24) is 20.3 Å². The lowest BCUT2D eigenvalue weighted by molar-refractivity contribution is 0.0946. The quantitative estimate of drug-likeness (QED) is 0.801. The third-order valence-corrected chi connectivity index (χ3v) is 3.13.